The van der Waals surface area contributed by atoms with Crippen molar-refractivity contribution in [1.29, 1.82) is 0 Å². The Bertz CT molecular complexity index is 1720. The molecule has 3 aromatic carbocycles. The predicted molar refractivity (Wildman–Crippen MR) is 162 cm³/mol. The van der Waals surface area contributed by atoms with Crippen molar-refractivity contribution in [2.24, 2.45) is 5.73 Å². The Morgan fingerprint density at radius 1 is 1.00 bits per heavy atom. The second-order valence-electron chi connectivity index (χ2n) is 10.8. The lowest BCUT2D eigenvalue weighted by atomic mass is 9.84. The number of nitrogens with zero attached hydrogens (tertiary/aromatic N) is 5. The van der Waals surface area contributed by atoms with Gasteiger partial charge in [-0.15, -0.1) is 4.68 Å². The highest BCUT2D eigenvalue weighted by Crippen LogP contribution is 2.34. The second kappa shape index (κ2) is 12.5. The maximum Gasteiger partial charge on any atom is 0.311 e. The second-order valence-corrected chi connectivity index (χ2v) is 11.2. The van der Waals surface area contributed by atoms with Crippen LogP contribution in [0.1, 0.15) is 47.1 Å². The number of benzene rings is 3. The number of likely N-dealkylation sites (tertiary alicyclic amines) is 1. The Hall–Kier alpha value is -4.89. The molecule has 1 aliphatic rings. The van der Waals surface area contributed by atoms with Gasteiger partial charge in [0.2, 0.25) is 0 Å². The summed E-state index contributed by atoms with van der Waals surface area (Å²) in [5, 5.41) is 11.2. The Morgan fingerprint density at radius 2 is 1.81 bits per heavy atom. The molecular formula is C33H31ClN7O2+. The van der Waals surface area contributed by atoms with Gasteiger partial charge in [-0.1, -0.05) is 77.5 Å². The van der Waals surface area contributed by atoms with Crippen LogP contribution in [0, 0.1) is 0 Å². The third-order valence-corrected chi connectivity index (χ3v) is 8.34. The monoisotopic (exact) mass is 592 g/mol. The lowest BCUT2D eigenvalue weighted by Crippen LogP contribution is -2.44. The molecule has 0 aliphatic carbocycles. The number of halogens is 1. The summed E-state index contributed by atoms with van der Waals surface area (Å²) in [4.78, 5) is 29.9. The normalized spacial score (nSPS) is 14.4. The van der Waals surface area contributed by atoms with E-state index in [0.717, 1.165) is 41.8 Å². The number of H-pyrrole nitrogens is 1. The summed E-state index contributed by atoms with van der Waals surface area (Å²) in [6.07, 6.45) is 5.86. The number of amides is 2. The third kappa shape index (κ3) is 6.32. The van der Waals surface area contributed by atoms with Crippen molar-refractivity contribution in [3.63, 3.8) is 0 Å². The molecule has 216 valence electrons. The summed E-state index contributed by atoms with van der Waals surface area (Å²) in [6.45, 7) is 1.04. The van der Waals surface area contributed by atoms with E-state index in [1.54, 1.807) is 15.9 Å². The van der Waals surface area contributed by atoms with E-state index in [1.807, 2.05) is 30.5 Å². The molecule has 0 saturated carbocycles. The summed E-state index contributed by atoms with van der Waals surface area (Å²) < 4.78 is 1.73. The van der Waals surface area contributed by atoms with Gasteiger partial charge in [-0.05, 0) is 66.1 Å². The highest BCUT2D eigenvalue weighted by molar-refractivity contribution is 6.34. The average Bonchev–Trinajstić information content (AvgIpc) is 3.59. The number of rotatable bonds is 7. The van der Waals surface area contributed by atoms with E-state index < -0.39 is 11.8 Å². The molecule has 0 bridgehead atoms. The molecule has 3 N–H and O–H groups in total. The molecule has 10 heteroatoms. The van der Waals surface area contributed by atoms with E-state index in [4.69, 9.17) is 22.3 Å². The van der Waals surface area contributed by atoms with Gasteiger partial charge in [-0.2, -0.15) is 0 Å². The molecule has 0 radical (unpaired) electrons. The molecule has 1 fully saturated rings. The molecule has 1 saturated heterocycles. The van der Waals surface area contributed by atoms with Crippen LogP contribution >= 0.6 is 11.6 Å². The number of aromatic amines is 1. The molecule has 0 spiro atoms. The first-order valence-electron chi connectivity index (χ1n) is 14.2. The summed E-state index contributed by atoms with van der Waals surface area (Å²) in [7, 11) is 0. The van der Waals surface area contributed by atoms with Crippen molar-refractivity contribution in [3.05, 3.63) is 125 Å². The van der Waals surface area contributed by atoms with Crippen LogP contribution in [-0.2, 0) is 16.0 Å². The number of pyridine rings is 1. The lowest BCUT2D eigenvalue weighted by Gasteiger charge is -2.31. The maximum atomic E-state index is 12.1. The number of aromatic nitrogens is 5. The number of hydrogen-bond donors (Lipinski definition) is 2. The van der Waals surface area contributed by atoms with Crippen molar-refractivity contribution in [2.75, 3.05) is 13.1 Å². The van der Waals surface area contributed by atoms with Gasteiger partial charge in [-0.3, -0.25) is 14.6 Å². The molecular weight excluding hydrogens is 562 g/mol. The number of nitrogens with one attached hydrogen (secondary N) is 1. The van der Waals surface area contributed by atoms with Gasteiger partial charge in [0, 0.05) is 47.0 Å². The average molecular weight is 593 g/mol. The number of carbonyl (C=O) groups excluding carboxylic acids is 2. The standard InChI is InChI=1S/C33H30ClN7O2/c34-27-10-12-31(41-21-37-38-39-41)29(19-27)26-9-11-30(36-20-26)28(17-22-5-2-1-3-6-22)25-8-4-7-24(18-25)23-13-15-40(16-14-23)33(43)32(35)42/h1-12,18-21,23,28H,13-17H2,(H2,35,42)/p+1/t28-/m0/s1. The zero-order valence-corrected chi connectivity index (χ0v) is 24.2. The number of hydrogen-bond acceptors (Lipinski definition) is 5. The molecule has 9 nitrogen and oxygen atoms in total. The summed E-state index contributed by atoms with van der Waals surface area (Å²) >= 11 is 6.39. The highest BCUT2D eigenvalue weighted by atomic mass is 35.5. The molecule has 1 atom stereocenters. The minimum atomic E-state index is -0.897. The number of tetrazole rings is 1. The minimum absolute atomic E-state index is 0.0259. The van der Waals surface area contributed by atoms with Gasteiger partial charge in [0.1, 0.15) is 10.8 Å². The van der Waals surface area contributed by atoms with Crippen molar-refractivity contribution < 1.29 is 14.3 Å². The van der Waals surface area contributed by atoms with Crippen molar-refractivity contribution in [1.82, 2.24) is 25.4 Å². The van der Waals surface area contributed by atoms with Gasteiger partial charge in [0.05, 0.1) is 0 Å². The molecule has 5 aromatic rings. The quantitative estimate of drug-likeness (QED) is 0.215. The molecule has 1 aliphatic heterocycles. The van der Waals surface area contributed by atoms with E-state index in [0.29, 0.717) is 24.0 Å². The van der Waals surface area contributed by atoms with Crippen LogP contribution in [0.4, 0.5) is 0 Å². The van der Waals surface area contributed by atoms with Gasteiger partial charge < -0.3 is 10.6 Å². The summed E-state index contributed by atoms with van der Waals surface area (Å²) in [5.41, 5.74) is 12.5. The molecule has 3 heterocycles. The first kappa shape index (κ1) is 28.2. The van der Waals surface area contributed by atoms with Gasteiger partial charge in [0.25, 0.3) is 6.33 Å². The summed E-state index contributed by atoms with van der Waals surface area (Å²) in [5.74, 6) is -1.18. The number of piperidine rings is 1. The van der Waals surface area contributed by atoms with Crippen molar-refractivity contribution >= 4 is 23.4 Å². The smallest absolute Gasteiger partial charge is 0.311 e. The molecule has 0 unspecified atom stereocenters. The van der Waals surface area contributed by atoms with Crippen molar-refractivity contribution in [2.45, 2.75) is 31.1 Å². The third-order valence-electron chi connectivity index (χ3n) is 8.11. The first-order chi connectivity index (χ1) is 21.0. The Balaban J connectivity index is 1.30. The number of nitrogens with two attached hydrogens (primary N) is 1. The van der Waals surface area contributed by atoms with Crippen LogP contribution in [0.15, 0.2) is 97.5 Å². The summed E-state index contributed by atoms with van der Waals surface area (Å²) in [6, 6.07) is 28.9. The lowest BCUT2D eigenvalue weighted by molar-refractivity contribution is -0.659. The number of primary amides is 1. The Morgan fingerprint density at radius 3 is 2.51 bits per heavy atom. The maximum absolute atomic E-state index is 12.1. The molecule has 43 heavy (non-hydrogen) atoms. The largest absolute Gasteiger partial charge is 0.361 e. The van der Waals surface area contributed by atoms with E-state index in [9.17, 15) is 9.59 Å². The zero-order chi connectivity index (χ0) is 29.8. The fourth-order valence-corrected chi connectivity index (χ4v) is 6.03. The van der Waals surface area contributed by atoms with Crippen LogP contribution in [0.3, 0.4) is 0 Å². The van der Waals surface area contributed by atoms with Gasteiger partial charge in [0.15, 0.2) is 5.21 Å². The van der Waals surface area contributed by atoms with Gasteiger partial charge >= 0.3 is 11.8 Å². The molecule has 2 aromatic heterocycles. The molecule has 6 rings (SSSR count). The van der Waals surface area contributed by atoms with Crippen LogP contribution in [0.2, 0.25) is 5.02 Å². The van der Waals surface area contributed by atoms with Crippen LogP contribution in [0.5, 0.6) is 0 Å². The topological polar surface area (TPSA) is 122 Å². The fourth-order valence-electron chi connectivity index (χ4n) is 5.86. The number of carbonyl (C=O) groups is 2. The Labute approximate surface area is 254 Å². The van der Waals surface area contributed by atoms with Crippen LogP contribution in [0.25, 0.3) is 16.8 Å². The zero-order valence-electron chi connectivity index (χ0n) is 23.4. The fraction of sp³-hybridized carbons (Fsp3) is 0.212. The molecule has 2 amide bonds. The van der Waals surface area contributed by atoms with Crippen LogP contribution in [-0.4, -0.2) is 50.3 Å². The first-order valence-corrected chi connectivity index (χ1v) is 14.6. The van der Waals surface area contributed by atoms with Crippen LogP contribution < -0.4 is 10.4 Å². The van der Waals surface area contributed by atoms with Crippen molar-refractivity contribution in [3.8, 4) is 16.8 Å². The minimum Gasteiger partial charge on any atom is -0.361 e. The Kier molecular flexibility index (Phi) is 8.24. The highest BCUT2D eigenvalue weighted by Gasteiger charge is 2.27. The SMILES string of the molecule is NC(=O)C(=O)N1CCC(c2cccc([C@H](Cc3ccccc3)c3ccc(-c4cc(Cl)ccc4-[n+]4cnn[nH]4)cn3)c2)CC1. The predicted octanol–water partition coefficient (Wildman–Crippen LogP) is 4.36. The van der Waals surface area contributed by atoms with E-state index in [-0.39, 0.29) is 5.92 Å². The van der Waals surface area contributed by atoms with E-state index in [2.05, 4.69) is 76.2 Å². The van der Waals surface area contributed by atoms with Gasteiger partial charge in [-0.25, -0.2) is 0 Å². The van der Waals surface area contributed by atoms with E-state index >= 15 is 0 Å². The van der Waals surface area contributed by atoms with E-state index in [1.165, 1.54) is 16.7 Å².